The number of nitrogens with zero attached hydrogens (tertiary/aromatic N) is 3. The molecular weight excluding hydrogens is 333 g/mol. The number of H-pyrrole nitrogens is 1. The summed E-state index contributed by atoms with van der Waals surface area (Å²) in [5, 5.41) is 3.93. The molecule has 3 rings (SSSR count). The van der Waals surface area contributed by atoms with E-state index in [0.717, 1.165) is 17.5 Å². The number of hydrogen-bond donors (Lipinski definition) is 2. The Labute approximate surface area is 138 Å². The van der Waals surface area contributed by atoms with Gasteiger partial charge in [0.15, 0.2) is 0 Å². The maximum absolute atomic E-state index is 12.9. The number of anilines is 1. The van der Waals surface area contributed by atoms with Gasteiger partial charge in [-0.1, -0.05) is 0 Å². The minimum absolute atomic E-state index is 0.0569. The molecule has 24 heavy (non-hydrogen) atoms. The Kier molecular flexibility index (Phi) is 4.45. The summed E-state index contributed by atoms with van der Waals surface area (Å²) in [5.41, 5.74) is 0.708. The topological polar surface area (TPSA) is 91.0 Å². The molecule has 2 heterocycles. The van der Waals surface area contributed by atoms with E-state index in [1.54, 1.807) is 6.20 Å². The van der Waals surface area contributed by atoms with Gasteiger partial charge >= 0.3 is 0 Å². The van der Waals surface area contributed by atoms with Gasteiger partial charge in [0.25, 0.3) is 0 Å². The second-order valence-electron chi connectivity index (χ2n) is 5.17. The standard InChI is InChI=1S/C15H16FN5O2S/c1-21(24(22,23)12-4-2-11(16)3-5-12)9-8-18-15-13-6-7-17-14(13)19-10-20-15/h2-7,10H,8-9H2,1H3,(H2,17,18,19,20). The largest absolute Gasteiger partial charge is 0.368 e. The van der Waals surface area contributed by atoms with Gasteiger partial charge in [0.1, 0.15) is 23.6 Å². The number of hydrogen-bond acceptors (Lipinski definition) is 5. The van der Waals surface area contributed by atoms with Crippen LogP contribution in [0.2, 0.25) is 0 Å². The van der Waals surface area contributed by atoms with Gasteiger partial charge in [-0.25, -0.2) is 22.8 Å². The number of fused-ring (bicyclic) bond motifs is 1. The molecule has 0 saturated carbocycles. The van der Waals surface area contributed by atoms with Gasteiger partial charge < -0.3 is 10.3 Å². The van der Waals surface area contributed by atoms with Gasteiger partial charge in [0.2, 0.25) is 10.0 Å². The molecule has 0 unspecified atom stereocenters. The molecule has 0 atom stereocenters. The summed E-state index contributed by atoms with van der Waals surface area (Å²) in [6.45, 7) is 0.601. The summed E-state index contributed by atoms with van der Waals surface area (Å²) in [6, 6.07) is 6.60. The molecule has 3 aromatic rings. The zero-order chi connectivity index (χ0) is 17.2. The third-order valence-corrected chi connectivity index (χ3v) is 5.47. The molecule has 0 bridgehead atoms. The molecule has 2 N–H and O–H groups in total. The second kappa shape index (κ2) is 6.54. The SMILES string of the molecule is CN(CCNc1ncnc2[nH]ccc12)S(=O)(=O)c1ccc(F)cc1. The minimum Gasteiger partial charge on any atom is -0.368 e. The van der Waals surface area contributed by atoms with Crippen LogP contribution >= 0.6 is 0 Å². The first-order chi connectivity index (χ1) is 11.5. The van der Waals surface area contributed by atoms with E-state index < -0.39 is 15.8 Å². The fraction of sp³-hybridized carbons (Fsp3) is 0.200. The van der Waals surface area contributed by atoms with E-state index >= 15 is 0 Å². The molecule has 7 nitrogen and oxygen atoms in total. The third kappa shape index (κ3) is 3.22. The molecule has 0 fully saturated rings. The van der Waals surface area contributed by atoms with Gasteiger partial charge in [-0.15, -0.1) is 0 Å². The molecule has 126 valence electrons. The van der Waals surface area contributed by atoms with Gasteiger partial charge in [0.05, 0.1) is 10.3 Å². The van der Waals surface area contributed by atoms with Gasteiger partial charge in [-0.05, 0) is 30.3 Å². The van der Waals surface area contributed by atoms with Crippen molar-refractivity contribution >= 4 is 26.9 Å². The van der Waals surface area contributed by atoms with Crippen molar-refractivity contribution in [1.82, 2.24) is 19.3 Å². The van der Waals surface area contributed by atoms with Crippen molar-refractivity contribution in [2.45, 2.75) is 4.90 Å². The van der Waals surface area contributed by atoms with Crippen LogP contribution in [0.1, 0.15) is 0 Å². The predicted octanol–water partition coefficient (Wildman–Crippen LogP) is 1.83. The van der Waals surface area contributed by atoms with Crippen molar-refractivity contribution in [3.8, 4) is 0 Å². The quantitative estimate of drug-likeness (QED) is 0.708. The molecule has 0 spiro atoms. The van der Waals surface area contributed by atoms with E-state index in [0.29, 0.717) is 18.0 Å². The summed E-state index contributed by atoms with van der Waals surface area (Å²) in [5.74, 6) is 0.159. The summed E-state index contributed by atoms with van der Waals surface area (Å²) in [6.07, 6.45) is 3.19. The number of benzene rings is 1. The highest BCUT2D eigenvalue weighted by atomic mass is 32.2. The third-order valence-electron chi connectivity index (χ3n) is 3.59. The number of likely N-dealkylation sites (N-methyl/N-ethyl adjacent to an activating group) is 1. The van der Waals surface area contributed by atoms with Gasteiger partial charge in [-0.3, -0.25) is 0 Å². The van der Waals surface area contributed by atoms with Crippen LogP contribution in [0.5, 0.6) is 0 Å². The molecule has 0 amide bonds. The highest BCUT2D eigenvalue weighted by molar-refractivity contribution is 7.89. The van der Waals surface area contributed by atoms with E-state index in [1.165, 1.54) is 29.8 Å². The molecule has 1 aromatic carbocycles. The first-order valence-corrected chi connectivity index (χ1v) is 8.66. The molecule has 0 radical (unpaired) electrons. The zero-order valence-electron chi connectivity index (χ0n) is 12.9. The zero-order valence-corrected chi connectivity index (χ0v) is 13.7. The average Bonchev–Trinajstić information content (AvgIpc) is 3.04. The lowest BCUT2D eigenvalue weighted by Gasteiger charge is -2.17. The fourth-order valence-electron chi connectivity index (χ4n) is 2.25. The van der Waals surface area contributed by atoms with Crippen LogP contribution in [0.3, 0.4) is 0 Å². The first-order valence-electron chi connectivity index (χ1n) is 7.22. The van der Waals surface area contributed by atoms with Crippen molar-refractivity contribution in [1.29, 1.82) is 0 Å². The number of aromatic amines is 1. The second-order valence-corrected chi connectivity index (χ2v) is 7.21. The molecule has 9 heteroatoms. The van der Waals surface area contributed by atoms with Crippen molar-refractivity contribution in [2.24, 2.45) is 0 Å². The van der Waals surface area contributed by atoms with E-state index in [9.17, 15) is 12.8 Å². The first kappa shape index (κ1) is 16.3. The molecule has 0 saturated heterocycles. The van der Waals surface area contributed by atoms with Crippen molar-refractivity contribution in [3.63, 3.8) is 0 Å². The lowest BCUT2D eigenvalue weighted by atomic mass is 10.4. The van der Waals surface area contributed by atoms with Gasteiger partial charge in [0, 0.05) is 26.3 Å². The van der Waals surface area contributed by atoms with E-state index in [4.69, 9.17) is 0 Å². The average molecular weight is 349 g/mol. The highest BCUT2D eigenvalue weighted by Gasteiger charge is 2.20. The highest BCUT2D eigenvalue weighted by Crippen LogP contribution is 2.18. The molecule has 0 aliphatic heterocycles. The monoisotopic (exact) mass is 349 g/mol. The Morgan fingerprint density at radius 2 is 1.96 bits per heavy atom. The molecule has 0 aliphatic carbocycles. The maximum atomic E-state index is 12.9. The predicted molar refractivity (Wildman–Crippen MR) is 88.6 cm³/mol. The van der Waals surface area contributed by atoms with E-state index in [1.807, 2.05) is 6.07 Å². The lowest BCUT2D eigenvalue weighted by Crippen LogP contribution is -2.31. The van der Waals surface area contributed by atoms with Crippen molar-refractivity contribution < 1.29 is 12.8 Å². The van der Waals surface area contributed by atoms with Crippen LogP contribution in [0.4, 0.5) is 10.2 Å². The Morgan fingerprint density at radius 3 is 2.71 bits per heavy atom. The smallest absolute Gasteiger partial charge is 0.242 e. The van der Waals surface area contributed by atoms with Crippen LogP contribution in [-0.2, 0) is 10.0 Å². The number of halogens is 1. The molecule has 0 aliphatic rings. The summed E-state index contributed by atoms with van der Waals surface area (Å²) in [4.78, 5) is 11.3. The Hall–Kier alpha value is -2.52. The molecular formula is C15H16FN5O2S. The molecule has 2 aromatic heterocycles. The van der Waals surface area contributed by atoms with Crippen LogP contribution in [0, 0.1) is 5.82 Å². The van der Waals surface area contributed by atoms with E-state index in [2.05, 4.69) is 20.3 Å². The lowest BCUT2D eigenvalue weighted by molar-refractivity contribution is 0.480. The Bertz CT molecular complexity index is 940. The van der Waals surface area contributed by atoms with E-state index in [-0.39, 0.29) is 11.4 Å². The number of aromatic nitrogens is 3. The summed E-state index contributed by atoms with van der Waals surface area (Å²) < 4.78 is 38.9. The Morgan fingerprint density at radius 1 is 1.21 bits per heavy atom. The van der Waals surface area contributed by atoms with Crippen LogP contribution in [0.15, 0.2) is 47.8 Å². The fourth-order valence-corrected chi connectivity index (χ4v) is 3.42. The van der Waals surface area contributed by atoms with Crippen molar-refractivity contribution in [2.75, 3.05) is 25.5 Å². The number of sulfonamides is 1. The number of rotatable bonds is 6. The van der Waals surface area contributed by atoms with Crippen LogP contribution < -0.4 is 5.32 Å². The van der Waals surface area contributed by atoms with Crippen LogP contribution in [0.25, 0.3) is 11.0 Å². The van der Waals surface area contributed by atoms with Gasteiger partial charge in [-0.2, -0.15) is 4.31 Å². The summed E-state index contributed by atoms with van der Waals surface area (Å²) in [7, 11) is -2.18. The normalized spacial score (nSPS) is 12.0. The van der Waals surface area contributed by atoms with Crippen LogP contribution in [-0.4, -0.2) is 47.8 Å². The Balaban J connectivity index is 1.66. The maximum Gasteiger partial charge on any atom is 0.242 e. The van der Waals surface area contributed by atoms with Crippen molar-refractivity contribution in [3.05, 3.63) is 48.7 Å². The minimum atomic E-state index is -3.65. The number of nitrogens with one attached hydrogen (secondary N) is 2. The summed E-state index contributed by atoms with van der Waals surface area (Å²) >= 11 is 0.